The molecule has 0 aromatic heterocycles. The maximum atomic E-state index is 13.8. The van der Waals surface area contributed by atoms with Crippen molar-refractivity contribution in [1.82, 2.24) is 0 Å². The number of anilines is 1. The van der Waals surface area contributed by atoms with E-state index in [4.69, 9.17) is 16.3 Å². The Morgan fingerprint density at radius 3 is 2.76 bits per heavy atom. The van der Waals surface area contributed by atoms with Gasteiger partial charge in [-0.15, -0.1) is 0 Å². The van der Waals surface area contributed by atoms with Crippen LogP contribution < -0.4 is 5.32 Å². The lowest BCUT2D eigenvalue weighted by Gasteiger charge is -2.12. The molecule has 2 rings (SSSR count). The van der Waals surface area contributed by atoms with Gasteiger partial charge in [0, 0.05) is 21.6 Å². The number of methoxy groups -OCH3 is 1. The molecule has 3 nitrogen and oxygen atoms in total. The number of rotatable bonds is 4. The molecule has 0 spiro atoms. The Balaban J connectivity index is 2.23. The average molecular weight is 373 g/mol. The van der Waals surface area contributed by atoms with Crippen LogP contribution >= 0.6 is 27.5 Å². The largest absolute Gasteiger partial charge is 0.465 e. The summed E-state index contributed by atoms with van der Waals surface area (Å²) >= 11 is 9.13. The summed E-state index contributed by atoms with van der Waals surface area (Å²) in [6.45, 7) is 0.226. The summed E-state index contributed by atoms with van der Waals surface area (Å²) in [5, 5.41) is 3.48. The normalized spacial score (nSPS) is 10.3. The molecule has 0 aliphatic heterocycles. The zero-order valence-electron chi connectivity index (χ0n) is 11.1. The summed E-state index contributed by atoms with van der Waals surface area (Å²) < 4.78 is 19.1. The Morgan fingerprint density at radius 2 is 2.10 bits per heavy atom. The van der Waals surface area contributed by atoms with Crippen LogP contribution in [0.4, 0.5) is 10.1 Å². The number of carbonyl (C=O) groups excluding carboxylic acids is 1. The molecule has 0 saturated heterocycles. The van der Waals surface area contributed by atoms with E-state index < -0.39 is 5.97 Å². The number of carbonyl (C=O) groups is 1. The van der Waals surface area contributed by atoms with E-state index in [9.17, 15) is 9.18 Å². The Kier molecular flexibility index (Phi) is 5.20. The monoisotopic (exact) mass is 371 g/mol. The van der Waals surface area contributed by atoms with Gasteiger partial charge in [0.1, 0.15) is 5.82 Å². The predicted molar refractivity (Wildman–Crippen MR) is 84.2 cm³/mol. The maximum Gasteiger partial charge on any atom is 0.339 e. The molecule has 0 heterocycles. The van der Waals surface area contributed by atoms with Crippen molar-refractivity contribution < 1.29 is 13.9 Å². The topological polar surface area (TPSA) is 38.3 Å². The van der Waals surface area contributed by atoms with Gasteiger partial charge in [0.05, 0.1) is 18.4 Å². The van der Waals surface area contributed by atoms with Gasteiger partial charge in [-0.05, 0) is 30.3 Å². The second-order valence-corrected chi connectivity index (χ2v) is 5.62. The summed E-state index contributed by atoms with van der Waals surface area (Å²) in [5.74, 6) is -0.816. The molecule has 0 bridgehead atoms. The van der Waals surface area contributed by atoms with E-state index in [1.165, 1.54) is 13.2 Å². The Hall–Kier alpha value is -1.59. The first-order valence-electron chi connectivity index (χ1n) is 6.07. The summed E-state index contributed by atoms with van der Waals surface area (Å²) in [6.07, 6.45) is 0. The van der Waals surface area contributed by atoms with E-state index in [1.54, 1.807) is 30.3 Å². The van der Waals surface area contributed by atoms with Crippen LogP contribution in [-0.2, 0) is 11.3 Å². The molecule has 6 heteroatoms. The molecular formula is C15H12BrClFNO2. The van der Waals surface area contributed by atoms with E-state index >= 15 is 0 Å². The fourth-order valence-corrected chi connectivity index (χ4v) is 2.31. The van der Waals surface area contributed by atoms with Crippen LogP contribution in [0.2, 0.25) is 5.02 Å². The van der Waals surface area contributed by atoms with Gasteiger partial charge in [0.25, 0.3) is 0 Å². The quantitative estimate of drug-likeness (QED) is 0.795. The minimum Gasteiger partial charge on any atom is -0.465 e. The van der Waals surface area contributed by atoms with Crippen LogP contribution in [0.15, 0.2) is 40.9 Å². The minimum atomic E-state index is -0.481. The van der Waals surface area contributed by atoms with Crippen LogP contribution in [0.1, 0.15) is 15.9 Å². The van der Waals surface area contributed by atoms with Gasteiger partial charge in [0.2, 0.25) is 0 Å². The molecule has 1 N–H and O–H groups in total. The molecule has 0 aliphatic carbocycles. The highest BCUT2D eigenvalue weighted by Gasteiger charge is 2.12. The fraction of sp³-hybridized carbons (Fsp3) is 0.133. The number of ether oxygens (including phenoxy) is 1. The van der Waals surface area contributed by atoms with Crippen LogP contribution in [0.5, 0.6) is 0 Å². The zero-order valence-corrected chi connectivity index (χ0v) is 13.5. The molecule has 0 saturated carbocycles. The van der Waals surface area contributed by atoms with E-state index in [2.05, 4.69) is 21.2 Å². The zero-order chi connectivity index (χ0) is 15.4. The molecular weight excluding hydrogens is 361 g/mol. The van der Waals surface area contributed by atoms with Gasteiger partial charge >= 0.3 is 5.97 Å². The van der Waals surface area contributed by atoms with E-state index in [1.807, 2.05) is 0 Å². The first kappa shape index (κ1) is 15.8. The average Bonchev–Trinajstić information content (AvgIpc) is 2.45. The molecule has 0 radical (unpaired) electrons. The smallest absolute Gasteiger partial charge is 0.339 e. The third-order valence-electron chi connectivity index (χ3n) is 2.87. The molecule has 2 aromatic carbocycles. The van der Waals surface area contributed by atoms with Crippen molar-refractivity contribution in [1.29, 1.82) is 0 Å². The van der Waals surface area contributed by atoms with Gasteiger partial charge < -0.3 is 10.1 Å². The summed E-state index contributed by atoms with van der Waals surface area (Å²) in [7, 11) is 1.30. The van der Waals surface area contributed by atoms with Gasteiger partial charge in [0.15, 0.2) is 0 Å². The molecule has 110 valence electrons. The molecule has 0 amide bonds. The second-order valence-electron chi connectivity index (χ2n) is 4.27. The van der Waals surface area contributed by atoms with Crippen LogP contribution in [-0.4, -0.2) is 13.1 Å². The third-order valence-corrected chi connectivity index (χ3v) is 3.60. The van der Waals surface area contributed by atoms with E-state index in [0.29, 0.717) is 26.3 Å². The second kappa shape index (κ2) is 6.91. The predicted octanol–water partition coefficient (Wildman–Crippen LogP) is 4.64. The Bertz CT molecular complexity index is 679. The molecule has 0 aliphatic rings. The summed E-state index contributed by atoms with van der Waals surface area (Å²) in [5.41, 5.74) is 1.32. The van der Waals surface area contributed by atoms with Crippen molar-refractivity contribution in [2.75, 3.05) is 12.4 Å². The molecule has 0 atom stereocenters. The molecule has 0 unspecified atom stereocenters. The fourth-order valence-electron chi connectivity index (χ4n) is 1.81. The highest BCUT2D eigenvalue weighted by atomic mass is 79.9. The highest BCUT2D eigenvalue weighted by Crippen LogP contribution is 2.23. The van der Waals surface area contributed by atoms with Crippen molar-refractivity contribution in [2.24, 2.45) is 0 Å². The number of esters is 1. The number of halogens is 3. The van der Waals surface area contributed by atoms with Gasteiger partial charge in [-0.2, -0.15) is 0 Å². The number of hydrogen-bond acceptors (Lipinski definition) is 3. The highest BCUT2D eigenvalue weighted by molar-refractivity contribution is 9.10. The standard InChI is InChI=1S/C15H12BrClFNO2/c1-21-15(20)12-5-4-11(17)7-14(12)19-8-9-2-3-10(16)6-13(9)18/h2-7,19H,8H2,1H3. The lowest BCUT2D eigenvalue weighted by molar-refractivity contribution is 0.0602. The van der Waals surface area contributed by atoms with Gasteiger partial charge in [-0.3, -0.25) is 0 Å². The number of benzene rings is 2. The summed E-state index contributed by atoms with van der Waals surface area (Å²) in [6, 6.07) is 9.56. The maximum absolute atomic E-state index is 13.8. The van der Waals surface area contributed by atoms with Crippen molar-refractivity contribution >= 4 is 39.2 Å². The van der Waals surface area contributed by atoms with E-state index in [0.717, 1.165) is 0 Å². The van der Waals surface area contributed by atoms with Crippen LogP contribution in [0, 0.1) is 5.82 Å². The number of hydrogen-bond donors (Lipinski definition) is 1. The van der Waals surface area contributed by atoms with Crippen molar-refractivity contribution in [3.63, 3.8) is 0 Å². The van der Waals surface area contributed by atoms with Crippen LogP contribution in [0.25, 0.3) is 0 Å². The summed E-state index contributed by atoms with van der Waals surface area (Å²) in [4.78, 5) is 11.7. The van der Waals surface area contributed by atoms with Gasteiger partial charge in [-0.1, -0.05) is 33.6 Å². The van der Waals surface area contributed by atoms with Gasteiger partial charge in [-0.25, -0.2) is 9.18 Å². The molecule has 2 aromatic rings. The van der Waals surface area contributed by atoms with Crippen LogP contribution in [0.3, 0.4) is 0 Å². The Morgan fingerprint density at radius 1 is 1.33 bits per heavy atom. The third kappa shape index (κ3) is 3.95. The molecule has 0 fully saturated rings. The van der Waals surface area contributed by atoms with E-state index in [-0.39, 0.29) is 12.4 Å². The first-order valence-corrected chi connectivity index (χ1v) is 7.24. The number of nitrogens with one attached hydrogen (secondary N) is 1. The SMILES string of the molecule is COC(=O)c1ccc(Cl)cc1NCc1ccc(Br)cc1F. The Labute approximate surface area is 135 Å². The first-order chi connectivity index (χ1) is 10.0. The van der Waals surface area contributed by atoms with Crippen molar-refractivity contribution in [2.45, 2.75) is 6.54 Å². The lowest BCUT2D eigenvalue weighted by atomic mass is 10.1. The minimum absolute atomic E-state index is 0.226. The van der Waals surface area contributed by atoms with Crippen molar-refractivity contribution in [3.8, 4) is 0 Å². The van der Waals surface area contributed by atoms with Crippen molar-refractivity contribution in [3.05, 3.63) is 62.8 Å². The molecule has 21 heavy (non-hydrogen) atoms. The lowest BCUT2D eigenvalue weighted by Crippen LogP contribution is -2.09.